The molecule has 0 amide bonds. The smallest absolute Gasteiger partial charge is 0.123 e. The number of nitrogens with one attached hydrogen (secondary N) is 1. The Kier molecular flexibility index (Phi) is 4.29. The van der Waals surface area contributed by atoms with Crippen molar-refractivity contribution in [2.45, 2.75) is 6.54 Å². The van der Waals surface area contributed by atoms with Gasteiger partial charge in [0, 0.05) is 54.5 Å². The second kappa shape index (κ2) is 6.57. The van der Waals surface area contributed by atoms with Crippen LogP contribution in [-0.2, 0) is 6.54 Å². The fourth-order valence-electron chi connectivity index (χ4n) is 3.42. The van der Waals surface area contributed by atoms with Crippen LogP contribution in [-0.4, -0.2) is 30.7 Å². The molecule has 0 radical (unpaired) electrons. The molecule has 1 aromatic heterocycles. The highest BCUT2D eigenvalue weighted by molar-refractivity contribution is 9.10. The molecule has 2 aromatic carbocycles. The van der Waals surface area contributed by atoms with Gasteiger partial charge in [-0.3, -0.25) is 0 Å². The molecule has 0 unspecified atom stereocenters. The topological polar surface area (TPSA) is 20.2 Å². The highest BCUT2D eigenvalue weighted by Gasteiger charge is 2.17. The number of hydrogen-bond donors (Lipinski definition) is 1. The number of fused-ring (bicyclic) bond motifs is 1. The first-order valence-corrected chi connectivity index (χ1v) is 8.99. The predicted molar refractivity (Wildman–Crippen MR) is 100 cm³/mol. The summed E-state index contributed by atoms with van der Waals surface area (Å²) >= 11 is 3.73. The Morgan fingerprint density at radius 2 is 1.88 bits per heavy atom. The second-order valence-electron chi connectivity index (χ2n) is 6.14. The third kappa shape index (κ3) is 2.94. The lowest BCUT2D eigenvalue weighted by Gasteiger charge is -2.30. The van der Waals surface area contributed by atoms with Gasteiger partial charge in [-0.2, -0.15) is 0 Å². The summed E-state index contributed by atoms with van der Waals surface area (Å²) in [6.45, 7) is 4.71. The van der Waals surface area contributed by atoms with Crippen molar-refractivity contribution in [3.63, 3.8) is 0 Å². The van der Waals surface area contributed by atoms with Crippen LogP contribution < -0.4 is 10.2 Å². The zero-order valence-corrected chi connectivity index (χ0v) is 14.9. The van der Waals surface area contributed by atoms with Crippen LogP contribution in [0.4, 0.5) is 10.1 Å². The highest BCUT2D eigenvalue weighted by Crippen LogP contribution is 2.35. The predicted octanol–water partition coefficient (Wildman–Crippen LogP) is 4.00. The molecular weight excluding hydrogens is 369 g/mol. The van der Waals surface area contributed by atoms with Crippen LogP contribution in [0.5, 0.6) is 0 Å². The quantitative estimate of drug-likeness (QED) is 0.732. The van der Waals surface area contributed by atoms with E-state index in [0.717, 1.165) is 36.2 Å². The monoisotopic (exact) mass is 387 g/mol. The molecule has 2 heterocycles. The van der Waals surface area contributed by atoms with E-state index >= 15 is 0 Å². The molecule has 0 aliphatic carbocycles. The van der Waals surface area contributed by atoms with Gasteiger partial charge < -0.3 is 14.8 Å². The second-order valence-corrected chi connectivity index (χ2v) is 7.00. The first kappa shape index (κ1) is 15.7. The maximum atomic E-state index is 13.5. The third-order valence-electron chi connectivity index (χ3n) is 4.54. The van der Waals surface area contributed by atoms with Gasteiger partial charge in [-0.1, -0.05) is 18.2 Å². The normalized spacial score (nSPS) is 15.2. The average Bonchev–Trinajstić information content (AvgIpc) is 2.92. The lowest BCUT2D eigenvalue weighted by molar-refractivity contribution is 0.590. The van der Waals surface area contributed by atoms with Crippen LogP contribution in [0.25, 0.3) is 10.9 Å². The number of piperazine rings is 1. The maximum Gasteiger partial charge on any atom is 0.123 e. The van der Waals surface area contributed by atoms with Crippen LogP contribution in [0.3, 0.4) is 0 Å². The Hall–Kier alpha value is -1.85. The Balaban J connectivity index is 1.75. The molecule has 5 heteroatoms. The lowest BCUT2D eigenvalue weighted by Crippen LogP contribution is -2.43. The first-order chi connectivity index (χ1) is 11.7. The third-order valence-corrected chi connectivity index (χ3v) is 5.14. The number of anilines is 1. The molecule has 1 aliphatic heterocycles. The zero-order valence-electron chi connectivity index (χ0n) is 13.3. The Bertz CT molecular complexity index is 868. The van der Waals surface area contributed by atoms with Gasteiger partial charge in [0.15, 0.2) is 0 Å². The van der Waals surface area contributed by atoms with Gasteiger partial charge in [-0.05, 0) is 45.8 Å². The summed E-state index contributed by atoms with van der Waals surface area (Å²) in [5, 5.41) is 4.63. The van der Waals surface area contributed by atoms with Gasteiger partial charge in [0.05, 0.1) is 5.52 Å². The molecule has 0 bridgehead atoms. The Morgan fingerprint density at radius 3 is 2.67 bits per heavy atom. The molecule has 124 valence electrons. The van der Waals surface area contributed by atoms with Gasteiger partial charge in [0.1, 0.15) is 5.82 Å². The molecule has 3 aromatic rings. The van der Waals surface area contributed by atoms with Crippen molar-refractivity contribution in [1.29, 1.82) is 0 Å². The van der Waals surface area contributed by atoms with E-state index in [4.69, 9.17) is 0 Å². The van der Waals surface area contributed by atoms with E-state index in [1.165, 1.54) is 22.7 Å². The van der Waals surface area contributed by atoms with Gasteiger partial charge >= 0.3 is 0 Å². The Morgan fingerprint density at radius 1 is 1.08 bits per heavy atom. The van der Waals surface area contributed by atoms with Crippen molar-refractivity contribution >= 4 is 32.5 Å². The number of rotatable bonds is 3. The first-order valence-electron chi connectivity index (χ1n) is 8.20. The summed E-state index contributed by atoms with van der Waals surface area (Å²) in [5.74, 6) is -0.190. The highest BCUT2D eigenvalue weighted by atomic mass is 79.9. The van der Waals surface area contributed by atoms with Crippen molar-refractivity contribution in [3.05, 3.63) is 64.5 Å². The molecule has 24 heavy (non-hydrogen) atoms. The molecule has 3 nitrogen and oxygen atoms in total. The number of benzene rings is 2. The SMILES string of the molecule is Fc1cccc(Cn2cc(Br)c3c(N4CCNCC4)cccc32)c1. The molecule has 1 fully saturated rings. The van der Waals surface area contributed by atoms with E-state index in [1.807, 2.05) is 6.07 Å². The summed E-state index contributed by atoms with van der Waals surface area (Å²) in [4.78, 5) is 2.43. The molecule has 0 spiro atoms. The zero-order chi connectivity index (χ0) is 16.5. The minimum atomic E-state index is -0.190. The molecular formula is C19H19BrFN3. The van der Waals surface area contributed by atoms with E-state index in [0.29, 0.717) is 6.54 Å². The largest absolute Gasteiger partial charge is 0.368 e. The number of nitrogens with zero attached hydrogens (tertiary/aromatic N) is 2. The molecule has 0 atom stereocenters. The van der Waals surface area contributed by atoms with Gasteiger partial charge in [0.25, 0.3) is 0 Å². The summed E-state index contributed by atoms with van der Waals surface area (Å²) < 4.78 is 16.7. The average molecular weight is 388 g/mol. The molecule has 4 rings (SSSR count). The van der Waals surface area contributed by atoms with Crippen LogP contribution in [0, 0.1) is 5.82 Å². The molecule has 1 N–H and O–H groups in total. The molecule has 0 saturated carbocycles. The van der Waals surface area contributed by atoms with E-state index in [1.54, 1.807) is 12.1 Å². The van der Waals surface area contributed by atoms with Crippen LogP contribution in [0.1, 0.15) is 5.56 Å². The number of aromatic nitrogens is 1. The van der Waals surface area contributed by atoms with Crippen molar-refractivity contribution in [3.8, 4) is 0 Å². The Labute approximate surface area is 149 Å². The van der Waals surface area contributed by atoms with Crippen LogP contribution in [0.15, 0.2) is 53.1 Å². The van der Waals surface area contributed by atoms with Gasteiger partial charge in [-0.15, -0.1) is 0 Å². The molecule has 1 aliphatic rings. The van der Waals surface area contributed by atoms with Crippen LogP contribution >= 0.6 is 15.9 Å². The van der Waals surface area contributed by atoms with Gasteiger partial charge in [-0.25, -0.2) is 4.39 Å². The van der Waals surface area contributed by atoms with Crippen molar-refractivity contribution < 1.29 is 4.39 Å². The van der Waals surface area contributed by atoms with Crippen molar-refractivity contribution in [1.82, 2.24) is 9.88 Å². The fourth-order valence-corrected chi connectivity index (χ4v) is 4.07. The maximum absolute atomic E-state index is 13.5. The number of hydrogen-bond acceptors (Lipinski definition) is 2. The number of halogens is 2. The minimum Gasteiger partial charge on any atom is -0.368 e. The molecule has 1 saturated heterocycles. The van der Waals surface area contributed by atoms with Crippen molar-refractivity contribution in [2.24, 2.45) is 0 Å². The van der Waals surface area contributed by atoms with E-state index in [-0.39, 0.29) is 5.82 Å². The lowest BCUT2D eigenvalue weighted by atomic mass is 10.1. The van der Waals surface area contributed by atoms with Crippen LogP contribution in [0.2, 0.25) is 0 Å². The van der Waals surface area contributed by atoms with Gasteiger partial charge in [0.2, 0.25) is 0 Å². The van der Waals surface area contributed by atoms with Crippen molar-refractivity contribution in [2.75, 3.05) is 31.1 Å². The minimum absolute atomic E-state index is 0.190. The summed E-state index contributed by atoms with van der Waals surface area (Å²) in [5.41, 5.74) is 3.40. The summed E-state index contributed by atoms with van der Waals surface area (Å²) in [7, 11) is 0. The summed E-state index contributed by atoms with van der Waals surface area (Å²) in [6.07, 6.45) is 2.10. The van der Waals surface area contributed by atoms with E-state index in [9.17, 15) is 4.39 Å². The standard InChI is InChI=1S/C19H19BrFN3/c20-16-13-24(12-14-3-1-4-15(21)11-14)18-6-2-5-17(19(16)18)23-9-7-22-8-10-23/h1-6,11,13,22H,7-10,12H2. The van der Waals surface area contributed by atoms with E-state index < -0.39 is 0 Å². The summed E-state index contributed by atoms with van der Waals surface area (Å²) in [6, 6.07) is 13.2. The van der Waals surface area contributed by atoms with E-state index in [2.05, 4.69) is 55.1 Å². The fraction of sp³-hybridized carbons (Fsp3) is 0.263.